The third-order valence-corrected chi connectivity index (χ3v) is 2.94. The lowest BCUT2D eigenvalue weighted by molar-refractivity contribution is 0.0999. The number of primary amides is 1. The van der Waals surface area contributed by atoms with E-state index in [0.717, 1.165) is 28.7 Å². The highest BCUT2D eigenvalue weighted by molar-refractivity contribution is 6.00. The van der Waals surface area contributed by atoms with Gasteiger partial charge in [0.2, 0.25) is 5.91 Å². The monoisotopic (exact) mass is 217 g/mol. The van der Waals surface area contributed by atoms with Gasteiger partial charge in [0.15, 0.2) is 0 Å². The minimum Gasteiger partial charge on any atom is -0.366 e. The average Bonchev–Trinajstić information content (AvgIpc) is 2.60. The van der Waals surface area contributed by atoms with Crippen LogP contribution in [0.1, 0.15) is 28.4 Å². The fourth-order valence-corrected chi connectivity index (χ4v) is 2.15. The van der Waals surface area contributed by atoms with Crippen molar-refractivity contribution in [3.63, 3.8) is 0 Å². The maximum absolute atomic E-state index is 11.4. The summed E-state index contributed by atoms with van der Waals surface area (Å²) >= 11 is 0. The summed E-state index contributed by atoms with van der Waals surface area (Å²) in [7, 11) is 0. The Morgan fingerprint density at radius 3 is 2.75 bits per heavy atom. The highest BCUT2D eigenvalue weighted by Crippen LogP contribution is 2.23. The normalized spacial score (nSPS) is 10.9. The first-order valence-electron chi connectivity index (χ1n) is 5.31. The molecule has 0 aliphatic carbocycles. The molecule has 1 amide bonds. The Hall–Kier alpha value is -1.84. The second-order valence-electron chi connectivity index (χ2n) is 3.96. The lowest BCUT2D eigenvalue weighted by Gasteiger charge is -2.08. The summed E-state index contributed by atoms with van der Waals surface area (Å²) in [5.74, 6) is -0.386. The number of benzene rings is 1. The van der Waals surface area contributed by atoms with Gasteiger partial charge in [0.1, 0.15) is 0 Å². The molecule has 0 aliphatic rings. The van der Waals surface area contributed by atoms with Crippen molar-refractivity contribution in [3.8, 4) is 0 Å². The lowest BCUT2D eigenvalue weighted by Crippen LogP contribution is -2.14. The fourth-order valence-electron chi connectivity index (χ4n) is 2.15. The van der Waals surface area contributed by atoms with Crippen LogP contribution in [0.4, 0.5) is 0 Å². The van der Waals surface area contributed by atoms with Gasteiger partial charge in [-0.15, -0.1) is 0 Å². The van der Waals surface area contributed by atoms with Crippen LogP contribution in [-0.2, 0) is 6.54 Å². The SMILES string of the molecule is CCn1cnc2c(C)c(C(N)=O)c(C)cc21. The highest BCUT2D eigenvalue weighted by atomic mass is 16.1. The Morgan fingerprint density at radius 2 is 2.19 bits per heavy atom. The molecular formula is C12H15N3O. The van der Waals surface area contributed by atoms with E-state index in [2.05, 4.69) is 16.5 Å². The van der Waals surface area contributed by atoms with Crippen LogP contribution < -0.4 is 5.73 Å². The molecule has 0 saturated carbocycles. The summed E-state index contributed by atoms with van der Waals surface area (Å²) < 4.78 is 2.06. The third-order valence-electron chi connectivity index (χ3n) is 2.94. The van der Waals surface area contributed by atoms with Crippen molar-refractivity contribution in [3.05, 3.63) is 29.1 Å². The Labute approximate surface area is 94.1 Å². The number of amides is 1. The van der Waals surface area contributed by atoms with E-state index in [0.29, 0.717) is 5.56 Å². The van der Waals surface area contributed by atoms with Crippen molar-refractivity contribution in [1.29, 1.82) is 0 Å². The smallest absolute Gasteiger partial charge is 0.249 e. The first-order valence-corrected chi connectivity index (χ1v) is 5.31. The van der Waals surface area contributed by atoms with Crippen LogP contribution in [0.2, 0.25) is 0 Å². The van der Waals surface area contributed by atoms with Crippen LogP contribution in [0.5, 0.6) is 0 Å². The summed E-state index contributed by atoms with van der Waals surface area (Å²) in [6.07, 6.45) is 1.79. The summed E-state index contributed by atoms with van der Waals surface area (Å²) in [4.78, 5) is 15.7. The summed E-state index contributed by atoms with van der Waals surface area (Å²) in [6, 6.07) is 1.97. The van der Waals surface area contributed by atoms with Gasteiger partial charge in [0.05, 0.1) is 17.4 Å². The van der Waals surface area contributed by atoms with Crippen molar-refractivity contribution in [1.82, 2.24) is 9.55 Å². The maximum Gasteiger partial charge on any atom is 0.249 e. The van der Waals surface area contributed by atoms with Crippen LogP contribution in [-0.4, -0.2) is 15.5 Å². The Bertz CT molecular complexity index is 569. The average molecular weight is 217 g/mol. The quantitative estimate of drug-likeness (QED) is 0.833. The number of nitrogens with zero attached hydrogens (tertiary/aromatic N) is 2. The molecule has 0 spiro atoms. The molecule has 0 aliphatic heterocycles. The molecular weight excluding hydrogens is 202 g/mol. The number of nitrogens with two attached hydrogens (primary N) is 1. The fraction of sp³-hybridized carbons (Fsp3) is 0.333. The zero-order valence-electron chi connectivity index (χ0n) is 9.74. The van der Waals surface area contributed by atoms with E-state index in [9.17, 15) is 4.79 Å². The Balaban J connectivity index is 2.85. The van der Waals surface area contributed by atoms with Crippen molar-refractivity contribution in [2.24, 2.45) is 5.73 Å². The zero-order chi connectivity index (χ0) is 11.9. The molecule has 0 unspecified atom stereocenters. The standard InChI is InChI=1S/C12H15N3O/c1-4-15-6-14-11-8(3)10(12(13)16)7(2)5-9(11)15/h5-6H,4H2,1-3H3,(H2,13,16). The van der Waals surface area contributed by atoms with Crippen molar-refractivity contribution in [2.75, 3.05) is 0 Å². The van der Waals surface area contributed by atoms with Crippen LogP contribution in [0.25, 0.3) is 11.0 Å². The van der Waals surface area contributed by atoms with E-state index in [4.69, 9.17) is 5.73 Å². The van der Waals surface area contributed by atoms with Gasteiger partial charge in [-0.25, -0.2) is 4.98 Å². The molecule has 1 heterocycles. The van der Waals surface area contributed by atoms with Gasteiger partial charge in [-0.1, -0.05) is 0 Å². The number of carbonyl (C=O) groups is 1. The molecule has 0 atom stereocenters. The van der Waals surface area contributed by atoms with Gasteiger partial charge in [0.25, 0.3) is 0 Å². The molecule has 0 radical (unpaired) electrons. The minimum atomic E-state index is -0.386. The van der Waals surface area contributed by atoms with Gasteiger partial charge in [0, 0.05) is 12.1 Å². The third kappa shape index (κ3) is 1.38. The second-order valence-corrected chi connectivity index (χ2v) is 3.96. The first-order chi connectivity index (χ1) is 7.56. The maximum atomic E-state index is 11.4. The molecule has 2 rings (SSSR count). The van der Waals surface area contributed by atoms with Crippen LogP contribution in [0.15, 0.2) is 12.4 Å². The Morgan fingerprint density at radius 1 is 1.50 bits per heavy atom. The van der Waals surface area contributed by atoms with Crippen molar-refractivity contribution < 1.29 is 4.79 Å². The van der Waals surface area contributed by atoms with Gasteiger partial charge in [-0.3, -0.25) is 4.79 Å². The van der Waals surface area contributed by atoms with Gasteiger partial charge >= 0.3 is 0 Å². The largest absolute Gasteiger partial charge is 0.366 e. The second kappa shape index (κ2) is 3.63. The first kappa shape index (κ1) is 10.7. The molecule has 0 bridgehead atoms. The zero-order valence-corrected chi connectivity index (χ0v) is 9.74. The molecule has 16 heavy (non-hydrogen) atoms. The van der Waals surface area contributed by atoms with E-state index >= 15 is 0 Å². The van der Waals surface area contributed by atoms with Crippen LogP contribution >= 0.6 is 0 Å². The molecule has 1 aromatic heterocycles. The molecule has 84 valence electrons. The minimum absolute atomic E-state index is 0.386. The molecule has 1 aromatic carbocycles. The number of rotatable bonds is 2. The number of hydrogen-bond donors (Lipinski definition) is 1. The highest BCUT2D eigenvalue weighted by Gasteiger charge is 2.14. The molecule has 2 N–H and O–H groups in total. The number of carbonyl (C=O) groups excluding carboxylic acids is 1. The van der Waals surface area contributed by atoms with E-state index in [-0.39, 0.29) is 5.91 Å². The molecule has 0 fully saturated rings. The van der Waals surface area contributed by atoms with E-state index in [1.807, 2.05) is 19.9 Å². The van der Waals surface area contributed by atoms with E-state index in [1.54, 1.807) is 6.33 Å². The predicted molar refractivity (Wildman–Crippen MR) is 63.4 cm³/mol. The summed E-state index contributed by atoms with van der Waals surface area (Å²) in [6.45, 7) is 6.72. The van der Waals surface area contributed by atoms with Crippen molar-refractivity contribution in [2.45, 2.75) is 27.3 Å². The topological polar surface area (TPSA) is 60.9 Å². The molecule has 4 nitrogen and oxygen atoms in total. The van der Waals surface area contributed by atoms with Crippen LogP contribution in [0, 0.1) is 13.8 Å². The van der Waals surface area contributed by atoms with E-state index < -0.39 is 0 Å². The van der Waals surface area contributed by atoms with Gasteiger partial charge in [-0.05, 0) is 38.0 Å². The number of fused-ring (bicyclic) bond motifs is 1. The molecule has 4 heteroatoms. The Kier molecular flexibility index (Phi) is 2.42. The van der Waals surface area contributed by atoms with Gasteiger partial charge in [-0.2, -0.15) is 0 Å². The lowest BCUT2D eigenvalue weighted by atomic mass is 10.0. The van der Waals surface area contributed by atoms with E-state index in [1.165, 1.54) is 0 Å². The van der Waals surface area contributed by atoms with Gasteiger partial charge < -0.3 is 10.3 Å². The number of imidazole rings is 1. The number of aromatic nitrogens is 2. The number of hydrogen-bond acceptors (Lipinski definition) is 2. The van der Waals surface area contributed by atoms with Crippen molar-refractivity contribution >= 4 is 16.9 Å². The summed E-state index contributed by atoms with van der Waals surface area (Å²) in [5.41, 5.74) is 9.66. The van der Waals surface area contributed by atoms with Crippen LogP contribution in [0.3, 0.4) is 0 Å². The molecule has 2 aromatic rings. The number of aryl methyl sites for hydroxylation is 3. The predicted octanol–water partition coefficient (Wildman–Crippen LogP) is 1.77. The summed E-state index contributed by atoms with van der Waals surface area (Å²) in [5, 5.41) is 0. The molecule has 0 saturated heterocycles.